The number of rotatable bonds is 6. The summed E-state index contributed by atoms with van der Waals surface area (Å²) in [5.41, 5.74) is 8.25. The smallest absolute Gasteiger partial charge is 0.0483 e. The van der Waals surface area contributed by atoms with E-state index in [-0.39, 0.29) is 0 Å². The van der Waals surface area contributed by atoms with E-state index in [0.717, 1.165) is 38.8 Å². The number of para-hydroxylation sites is 1. The second kappa shape index (κ2) is 6.28. The number of hydrogen-bond acceptors (Lipinski definition) is 1. The van der Waals surface area contributed by atoms with E-state index in [0.29, 0.717) is 0 Å². The highest BCUT2D eigenvalue weighted by Crippen LogP contribution is 2.23. The second-order valence-electron chi connectivity index (χ2n) is 4.56. The minimum Gasteiger partial charge on any atom is -0.346 e. The Morgan fingerprint density at radius 1 is 1.22 bits per heavy atom. The summed E-state index contributed by atoms with van der Waals surface area (Å²) >= 11 is 0. The van der Waals surface area contributed by atoms with Crippen LogP contribution in [0.4, 0.5) is 0 Å². The van der Waals surface area contributed by atoms with Crippen molar-refractivity contribution in [3.8, 4) is 12.3 Å². The molecule has 2 N–H and O–H groups in total. The Labute approximate surface area is 109 Å². The lowest BCUT2D eigenvalue weighted by atomic mass is 10.1. The van der Waals surface area contributed by atoms with Crippen LogP contribution in [0.25, 0.3) is 10.9 Å². The minimum atomic E-state index is 0.774. The van der Waals surface area contributed by atoms with Gasteiger partial charge < -0.3 is 10.3 Å². The molecule has 2 heteroatoms. The quantitative estimate of drug-likeness (QED) is 0.611. The standard InChI is InChI=1S/C16H20N2/c1-2-3-12-18-13-14(8-6-7-11-17)15-9-4-5-10-16(15)18/h1,4-5,9-10,13H,3,6-8,11-12,17H2. The summed E-state index contributed by atoms with van der Waals surface area (Å²) in [4.78, 5) is 0. The third-order valence-corrected chi connectivity index (χ3v) is 3.27. The molecule has 0 aliphatic heterocycles. The molecule has 0 saturated heterocycles. The molecule has 0 radical (unpaired) electrons. The van der Waals surface area contributed by atoms with Crippen LogP contribution in [0.1, 0.15) is 24.8 Å². The van der Waals surface area contributed by atoms with Crippen molar-refractivity contribution < 1.29 is 0 Å². The molecule has 1 aromatic carbocycles. The Morgan fingerprint density at radius 3 is 2.83 bits per heavy atom. The number of nitrogens with zero attached hydrogens (tertiary/aromatic N) is 1. The maximum Gasteiger partial charge on any atom is 0.0483 e. The van der Waals surface area contributed by atoms with Crippen LogP contribution < -0.4 is 5.73 Å². The first-order chi connectivity index (χ1) is 8.86. The van der Waals surface area contributed by atoms with E-state index >= 15 is 0 Å². The van der Waals surface area contributed by atoms with E-state index in [4.69, 9.17) is 12.2 Å². The van der Waals surface area contributed by atoms with E-state index in [2.05, 4.69) is 40.9 Å². The summed E-state index contributed by atoms with van der Waals surface area (Å²) < 4.78 is 2.27. The van der Waals surface area contributed by atoms with Gasteiger partial charge in [-0.15, -0.1) is 12.3 Å². The topological polar surface area (TPSA) is 30.9 Å². The summed E-state index contributed by atoms with van der Waals surface area (Å²) in [6.07, 6.45) is 11.7. The SMILES string of the molecule is C#CCCn1cc(CCCCN)c2ccccc21. The molecular formula is C16H20N2. The summed E-state index contributed by atoms with van der Waals surface area (Å²) in [6, 6.07) is 8.54. The normalized spacial score (nSPS) is 10.7. The minimum absolute atomic E-state index is 0.774. The zero-order valence-electron chi connectivity index (χ0n) is 10.7. The van der Waals surface area contributed by atoms with Gasteiger partial charge in [0, 0.05) is 30.1 Å². The van der Waals surface area contributed by atoms with Crippen LogP contribution in [0.3, 0.4) is 0 Å². The third-order valence-electron chi connectivity index (χ3n) is 3.27. The molecular weight excluding hydrogens is 220 g/mol. The van der Waals surface area contributed by atoms with Gasteiger partial charge in [-0.25, -0.2) is 0 Å². The number of hydrogen-bond donors (Lipinski definition) is 1. The van der Waals surface area contributed by atoms with Gasteiger partial charge in [-0.1, -0.05) is 18.2 Å². The monoisotopic (exact) mass is 240 g/mol. The fourth-order valence-electron chi connectivity index (χ4n) is 2.35. The highest BCUT2D eigenvalue weighted by atomic mass is 15.0. The Morgan fingerprint density at radius 2 is 2.06 bits per heavy atom. The van der Waals surface area contributed by atoms with Crippen molar-refractivity contribution in [1.82, 2.24) is 4.57 Å². The Balaban J connectivity index is 2.26. The van der Waals surface area contributed by atoms with Crippen molar-refractivity contribution in [3.05, 3.63) is 36.0 Å². The highest BCUT2D eigenvalue weighted by molar-refractivity contribution is 5.83. The van der Waals surface area contributed by atoms with Gasteiger partial charge in [0.15, 0.2) is 0 Å². The van der Waals surface area contributed by atoms with Gasteiger partial charge in [-0.3, -0.25) is 0 Å². The van der Waals surface area contributed by atoms with Crippen LogP contribution in [-0.2, 0) is 13.0 Å². The average Bonchev–Trinajstić information content (AvgIpc) is 2.76. The molecule has 94 valence electrons. The van der Waals surface area contributed by atoms with Gasteiger partial charge in [0.05, 0.1) is 0 Å². The molecule has 0 atom stereocenters. The number of unbranched alkanes of at least 4 members (excludes halogenated alkanes) is 1. The van der Waals surface area contributed by atoms with Crippen LogP contribution in [0, 0.1) is 12.3 Å². The molecule has 0 aliphatic rings. The molecule has 1 heterocycles. The van der Waals surface area contributed by atoms with Crippen molar-refractivity contribution in [1.29, 1.82) is 0 Å². The molecule has 0 aliphatic carbocycles. The molecule has 2 rings (SSSR count). The Kier molecular flexibility index (Phi) is 4.44. The molecule has 0 fully saturated rings. The van der Waals surface area contributed by atoms with Gasteiger partial charge in [-0.2, -0.15) is 0 Å². The Bertz CT molecular complexity index is 546. The van der Waals surface area contributed by atoms with Crippen LogP contribution in [0.15, 0.2) is 30.5 Å². The zero-order chi connectivity index (χ0) is 12.8. The van der Waals surface area contributed by atoms with E-state index in [1.165, 1.54) is 16.5 Å². The summed E-state index contributed by atoms with van der Waals surface area (Å²) in [5.74, 6) is 2.71. The first kappa shape index (κ1) is 12.7. The van der Waals surface area contributed by atoms with Crippen LogP contribution in [-0.4, -0.2) is 11.1 Å². The summed E-state index contributed by atoms with van der Waals surface area (Å²) in [5, 5.41) is 1.35. The number of aromatic nitrogens is 1. The van der Waals surface area contributed by atoms with E-state index in [1.54, 1.807) is 0 Å². The summed E-state index contributed by atoms with van der Waals surface area (Å²) in [6.45, 7) is 1.67. The van der Waals surface area contributed by atoms with E-state index in [1.807, 2.05) is 0 Å². The van der Waals surface area contributed by atoms with Crippen molar-refractivity contribution >= 4 is 10.9 Å². The molecule has 0 amide bonds. The molecule has 1 aromatic heterocycles. The molecule has 0 saturated carbocycles. The maximum absolute atomic E-state index is 5.55. The molecule has 0 unspecified atom stereocenters. The predicted molar refractivity (Wildman–Crippen MR) is 77.4 cm³/mol. The lowest BCUT2D eigenvalue weighted by molar-refractivity contribution is 0.726. The van der Waals surface area contributed by atoms with E-state index < -0.39 is 0 Å². The number of terminal acetylenes is 1. The van der Waals surface area contributed by atoms with Gasteiger partial charge in [-0.05, 0) is 37.4 Å². The van der Waals surface area contributed by atoms with Gasteiger partial charge >= 0.3 is 0 Å². The lowest BCUT2D eigenvalue weighted by Crippen LogP contribution is -1.98. The highest BCUT2D eigenvalue weighted by Gasteiger charge is 2.06. The number of fused-ring (bicyclic) bond motifs is 1. The summed E-state index contributed by atoms with van der Waals surface area (Å²) in [7, 11) is 0. The maximum atomic E-state index is 5.55. The van der Waals surface area contributed by atoms with Gasteiger partial charge in [0.25, 0.3) is 0 Å². The van der Waals surface area contributed by atoms with Gasteiger partial charge in [0.1, 0.15) is 0 Å². The lowest BCUT2D eigenvalue weighted by Gasteiger charge is -2.00. The molecule has 18 heavy (non-hydrogen) atoms. The van der Waals surface area contributed by atoms with Gasteiger partial charge in [0.2, 0.25) is 0 Å². The fraction of sp³-hybridized carbons (Fsp3) is 0.375. The Hall–Kier alpha value is -1.72. The number of nitrogens with two attached hydrogens (primary N) is 1. The number of aryl methyl sites for hydroxylation is 2. The zero-order valence-corrected chi connectivity index (χ0v) is 10.7. The second-order valence-corrected chi connectivity index (χ2v) is 4.56. The third kappa shape index (κ3) is 2.75. The van der Waals surface area contributed by atoms with E-state index in [9.17, 15) is 0 Å². The molecule has 2 nitrogen and oxygen atoms in total. The first-order valence-corrected chi connectivity index (χ1v) is 6.57. The van der Waals surface area contributed by atoms with Crippen molar-refractivity contribution in [3.63, 3.8) is 0 Å². The number of benzene rings is 1. The van der Waals surface area contributed by atoms with Crippen molar-refractivity contribution in [2.24, 2.45) is 5.73 Å². The fourth-order valence-corrected chi connectivity index (χ4v) is 2.35. The largest absolute Gasteiger partial charge is 0.346 e. The van der Waals surface area contributed by atoms with Crippen LogP contribution in [0.2, 0.25) is 0 Å². The van der Waals surface area contributed by atoms with Crippen molar-refractivity contribution in [2.45, 2.75) is 32.2 Å². The average molecular weight is 240 g/mol. The predicted octanol–water partition coefficient (Wildman–Crippen LogP) is 2.95. The molecule has 0 spiro atoms. The first-order valence-electron chi connectivity index (χ1n) is 6.57. The van der Waals surface area contributed by atoms with Crippen LogP contribution in [0.5, 0.6) is 0 Å². The van der Waals surface area contributed by atoms with Crippen LogP contribution >= 0.6 is 0 Å². The van der Waals surface area contributed by atoms with Crippen molar-refractivity contribution in [2.75, 3.05) is 6.54 Å². The molecule has 2 aromatic rings. The molecule has 0 bridgehead atoms.